The number of aromatic nitrogens is 3. The predicted molar refractivity (Wildman–Crippen MR) is 83.7 cm³/mol. The van der Waals surface area contributed by atoms with Gasteiger partial charge in [-0.2, -0.15) is 0 Å². The Morgan fingerprint density at radius 1 is 1.38 bits per heavy atom. The summed E-state index contributed by atoms with van der Waals surface area (Å²) < 4.78 is 15.6. The number of para-hydroxylation sites is 1. The highest BCUT2D eigenvalue weighted by Crippen LogP contribution is 2.24. The van der Waals surface area contributed by atoms with E-state index in [1.54, 1.807) is 29.7 Å². The topological polar surface area (TPSA) is 77.0 Å². The molecule has 1 unspecified atom stereocenters. The summed E-state index contributed by atoms with van der Waals surface area (Å²) in [6.07, 6.45) is 0.0417. The molecular weight excluding hydrogens is 315 g/mol. The molecule has 5 nitrogen and oxygen atoms in total. The van der Waals surface area contributed by atoms with Crippen LogP contribution in [-0.4, -0.2) is 38.3 Å². The predicted octanol–water partition coefficient (Wildman–Crippen LogP) is 1.80. The second kappa shape index (κ2) is 8.33. The first-order chi connectivity index (χ1) is 9.63. The largest absolute Gasteiger partial charge is 0.393 e. The summed E-state index contributed by atoms with van der Waals surface area (Å²) in [6.45, 7) is 2.10. The standard InChI is InChI=1S/C13H17FN4OS.ClH/c1-9(19)8-20-13-17-16-12(6-7-15)18(13)11-5-3-2-4-10(11)14;/h2-5,9,19H,6-8,15H2,1H3;1H. The number of aliphatic hydroxyl groups excluding tert-OH is 1. The van der Waals surface area contributed by atoms with Crippen molar-refractivity contribution in [3.8, 4) is 5.69 Å². The molecule has 0 spiro atoms. The third-order valence-corrected chi connectivity index (χ3v) is 3.79. The van der Waals surface area contributed by atoms with Crippen molar-refractivity contribution in [2.24, 2.45) is 5.73 Å². The van der Waals surface area contributed by atoms with Gasteiger partial charge in [0.2, 0.25) is 0 Å². The van der Waals surface area contributed by atoms with Crippen molar-refractivity contribution in [3.05, 3.63) is 35.9 Å². The molecule has 0 aliphatic heterocycles. The van der Waals surface area contributed by atoms with Crippen molar-refractivity contribution in [1.29, 1.82) is 0 Å². The van der Waals surface area contributed by atoms with E-state index in [9.17, 15) is 9.50 Å². The quantitative estimate of drug-likeness (QED) is 0.789. The van der Waals surface area contributed by atoms with E-state index in [0.29, 0.717) is 35.4 Å². The Labute approximate surface area is 133 Å². The van der Waals surface area contributed by atoms with Crippen LogP contribution >= 0.6 is 24.2 Å². The number of nitrogens with zero attached hydrogens (tertiary/aromatic N) is 3. The van der Waals surface area contributed by atoms with E-state index in [1.165, 1.54) is 17.8 Å². The number of halogens is 2. The lowest BCUT2D eigenvalue weighted by Crippen LogP contribution is -2.11. The Balaban J connectivity index is 0.00000220. The average Bonchev–Trinajstić information content (AvgIpc) is 2.80. The van der Waals surface area contributed by atoms with Crippen molar-refractivity contribution in [1.82, 2.24) is 14.8 Å². The first-order valence-electron chi connectivity index (χ1n) is 6.33. The minimum absolute atomic E-state index is 0. The number of hydrogen-bond acceptors (Lipinski definition) is 5. The number of hydrogen-bond donors (Lipinski definition) is 2. The number of thioether (sulfide) groups is 1. The smallest absolute Gasteiger partial charge is 0.196 e. The van der Waals surface area contributed by atoms with Gasteiger partial charge in [0.1, 0.15) is 11.6 Å². The van der Waals surface area contributed by atoms with Crippen LogP contribution in [0.4, 0.5) is 4.39 Å². The molecule has 1 aromatic carbocycles. The molecule has 0 fully saturated rings. The van der Waals surface area contributed by atoms with Crippen LogP contribution in [0.25, 0.3) is 5.69 Å². The number of aliphatic hydroxyl groups is 1. The highest BCUT2D eigenvalue weighted by Gasteiger charge is 2.17. The van der Waals surface area contributed by atoms with Gasteiger partial charge >= 0.3 is 0 Å². The summed E-state index contributed by atoms with van der Waals surface area (Å²) in [4.78, 5) is 0. The molecule has 0 aliphatic carbocycles. The summed E-state index contributed by atoms with van der Waals surface area (Å²) in [5.74, 6) is 0.741. The van der Waals surface area contributed by atoms with E-state index in [2.05, 4.69) is 10.2 Å². The normalized spacial score (nSPS) is 12.0. The van der Waals surface area contributed by atoms with Gasteiger partial charge in [0.05, 0.1) is 11.8 Å². The molecule has 3 N–H and O–H groups in total. The zero-order valence-electron chi connectivity index (χ0n) is 11.6. The molecule has 0 saturated heterocycles. The summed E-state index contributed by atoms with van der Waals surface area (Å²) in [7, 11) is 0. The van der Waals surface area contributed by atoms with Crippen molar-refractivity contribution in [2.75, 3.05) is 12.3 Å². The molecule has 2 rings (SSSR count). The van der Waals surface area contributed by atoms with Gasteiger partial charge < -0.3 is 10.8 Å². The van der Waals surface area contributed by atoms with Gasteiger partial charge in [0.25, 0.3) is 0 Å². The molecular formula is C13H18ClFN4OS. The molecule has 1 heterocycles. The number of benzene rings is 1. The molecule has 8 heteroatoms. The van der Waals surface area contributed by atoms with Crippen molar-refractivity contribution in [2.45, 2.75) is 24.6 Å². The third-order valence-electron chi connectivity index (χ3n) is 2.62. The van der Waals surface area contributed by atoms with Gasteiger partial charge in [-0.15, -0.1) is 22.6 Å². The van der Waals surface area contributed by atoms with Crippen molar-refractivity contribution < 1.29 is 9.50 Å². The minimum Gasteiger partial charge on any atom is -0.393 e. The zero-order valence-corrected chi connectivity index (χ0v) is 13.2. The molecule has 2 aromatic rings. The molecule has 0 amide bonds. The third kappa shape index (κ3) is 4.41. The summed E-state index contributed by atoms with van der Waals surface area (Å²) in [5.41, 5.74) is 5.95. The van der Waals surface area contributed by atoms with Crippen LogP contribution in [0.1, 0.15) is 12.7 Å². The maximum Gasteiger partial charge on any atom is 0.196 e. The summed E-state index contributed by atoms with van der Waals surface area (Å²) in [5, 5.41) is 18.1. The van der Waals surface area contributed by atoms with Gasteiger partial charge in [0, 0.05) is 12.2 Å². The van der Waals surface area contributed by atoms with E-state index < -0.39 is 6.10 Å². The van der Waals surface area contributed by atoms with Crippen LogP contribution < -0.4 is 5.73 Å². The molecule has 1 aromatic heterocycles. The Morgan fingerprint density at radius 2 is 2.10 bits per heavy atom. The van der Waals surface area contributed by atoms with E-state index in [-0.39, 0.29) is 18.2 Å². The molecule has 0 radical (unpaired) electrons. The van der Waals surface area contributed by atoms with Crippen LogP contribution in [0.3, 0.4) is 0 Å². The fourth-order valence-electron chi connectivity index (χ4n) is 1.75. The summed E-state index contributed by atoms with van der Waals surface area (Å²) in [6, 6.07) is 6.46. The fourth-order valence-corrected chi connectivity index (χ4v) is 2.58. The van der Waals surface area contributed by atoms with Gasteiger partial charge in [0.15, 0.2) is 5.16 Å². The van der Waals surface area contributed by atoms with Gasteiger partial charge in [-0.1, -0.05) is 23.9 Å². The van der Waals surface area contributed by atoms with E-state index >= 15 is 0 Å². The second-order valence-corrected chi connectivity index (χ2v) is 5.37. The average molecular weight is 333 g/mol. The highest BCUT2D eigenvalue weighted by atomic mass is 35.5. The second-order valence-electron chi connectivity index (χ2n) is 4.38. The van der Waals surface area contributed by atoms with Crippen LogP contribution in [0, 0.1) is 5.82 Å². The Hall–Kier alpha value is -1.15. The maximum atomic E-state index is 14.0. The van der Waals surface area contributed by atoms with Crippen LogP contribution in [-0.2, 0) is 6.42 Å². The van der Waals surface area contributed by atoms with Crippen molar-refractivity contribution >= 4 is 24.2 Å². The van der Waals surface area contributed by atoms with E-state index in [1.807, 2.05) is 0 Å². The van der Waals surface area contributed by atoms with Crippen LogP contribution in [0.2, 0.25) is 0 Å². The minimum atomic E-state index is -0.469. The number of rotatable bonds is 6. The van der Waals surface area contributed by atoms with Crippen LogP contribution in [0.5, 0.6) is 0 Å². The fraction of sp³-hybridized carbons (Fsp3) is 0.385. The molecule has 0 saturated carbocycles. The van der Waals surface area contributed by atoms with E-state index in [4.69, 9.17) is 5.73 Å². The Kier molecular flexibility index (Phi) is 7.10. The monoisotopic (exact) mass is 332 g/mol. The number of nitrogens with two attached hydrogens (primary N) is 1. The van der Waals surface area contributed by atoms with Gasteiger partial charge in [-0.25, -0.2) is 4.39 Å². The Morgan fingerprint density at radius 3 is 2.71 bits per heavy atom. The first kappa shape index (κ1) is 17.9. The van der Waals surface area contributed by atoms with Crippen LogP contribution in [0.15, 0.2) is 29.4 Å². The highest BCUT2D eigenvalue weighted by molar-refractivity contribution is 7.99. The molecule has 0 bridgehead atoms. The SMILES string of the molecule is CC(O)CSc1nnc(CCN)n1-c1ccccc1F.Cl. The summed E-state index contributed by atoms with van der Waals surface area (Å²) >= 11 is 1.34. The lowest BCUT2D eigenvalue weighted by molar-refractivity contribution is 0.220. The lowest BCUT2D eigenvalue weighted by Gasteiger charge is -2.11. The van der Waals surface area contributed by atoms with Gasteiger partial charge in [-0.05, 0) is 25.6 Å². The molecule has 21 heavy (non-hydrogen) atoms. The van der Waals surface area contributed by atoms with Gasteiger partial charge in [-0.3, -0.25) is 4.57 Å². The molecule has 0 aliphatic rings. The first-order valence-corrected chi connectivity index (χ1v) is 7.32. The van der Waals surface area contributed by atoms with E-state index in [0.717, 1.165) is 0 Å². The zero-order chi connectivity index (χ0) is 14.5. The van der Waals surface area contributed by atoms with Crippen molar-refractivity contribution in [3.63, 3.8) is 0 Å². The lowest BCUT2D eigenvalue weighted by atomic mass is 10.3. The molecule has 1 atom stereocenters. The Bertz CT molecular complexity index is 579. The molecule has 116 valence electrons. The maximum absolute atomic E-state index is 14.0.